The Morgan fingerprint density at radius 1 is 1.26 bits per heavy atom. The summed E-state index contributed by atoms with van der Waals surface area (Å²) >= 11 is 12.2. The minimum Gasteiger partial charge on any atom is -0.481 e. The van der Waals surface area contributed by atoms with Gasteiger partial charge in [0, 0.05) is 23.8 Å². The van der Waals surface area contributed by atoms with Gasteiger partial charge in [-0.25, -0.2) is 18.1 Å². The molecular formula is C15H16Cl2N2O3S. The highest BCUT2D eigenvalue weighted by Gasteiger charge is 2.23. The zero-order valence-electron chi connectivity index (χ0n) is 12.9. The van der Waals surface area contributed by atoms with Crippen LogP contribution in [-0.4, -0.2) is 20.5 Å². The Bertz CT molecular complexity index is 795. The van der Waals surface area contributed by atoms with Crippen molar-refractivity contribution in [3.63, 3.8) is 0 Å². The van der Waals surface area contributed by atoms with Gasteiger partial charge in [-0.1, -0.05) is 29.3 Å². The smallest absolute Gasteiger partial charge is 0.242 e. The number of aryl methyl sites for hydroxylation is 1. The fraction of sp³-hybridized carbons (Fsp3) is 0.267. The molecule has 0 spiro atoms. The van der Waals surface area contributed by atoms with Crippen LogP contribution >= 0.6 is 23.2 Å². The van der Waals surface area contributed by atoms with Crippen LogP contribution in [0.1, 0.15) is 16.7 Å². The fourth-order valence-electron chi connectivity index (χ4n) is 2.02. The minimum absolute atomic E-state index is 0.00522. The van der Waals surface area contributed by atoms with Crippen molar-refractivity contribution in [2.75, 3.05) is 7.11 Å². The third kappa shape index (κ3) is 3.95. The first-order valence-electron chi connectivity index (χ1n) is 6.70. The molecule has 1 aromatic heterocycles. The second-order valence-electron chi connectivity index (χ2n) is 4.98. The van der Waals surface area contributed by atoms with Crippen molar-refractivity contribution in [2.24, 2.45) is 0 Å². The number of ether oxygens (including phenoxy) is 1. The summed E-state index contributed by atoms with van der Waals surface area (Å²) in [6, 6.07) is 5.03. The Morgan fingerprint density at radius 3 is 2.52 bits per heavy atom. The number of sulfonamides is 1. The number of nitrogens with zero attached hydrogens (tertiary/aromatic N) is 1. The van der Waals surface area contributed by atoms with E-state index in [4.69, 9.17) is 27.9 Å². The van der Waals surface area contributed by atoms with E-state index in [9.17, 15) is 8.42 Å². The van der Waals surface area contributed by atoms with E-state index >= 15 is 0 Å². The van der Waals surface area contributed by atoms with Gasteiger partial charge in [0.25, 0.3) is 0 Å². The molecular weight excluding hydrogens is 359 g/mol. The van der Waals surface area contributed by atoms with Gasteiger partial charge in [0.1, 0.15) is 4.90 Å². The molecule has 0 bridgehead atoms. The third-order valence-corrected chi connectivity index (χ3v) is 5.89. The molecule has 8 heteroatoms. The second kappa shape index (κ2) is 7.05. The van der Waals surface area contributed by atoms with Crippen LogP contribution < -0.4 is 9.46 Å². The predicted molar refractivity (Wildman–Crippen MR) is 90.8 cm³/mol. The normalized spacial score (nSPS) is 11.5. The molecule has 2 aromatic rings. The van der Waals surface area contributed by atoms with Gasteiger partial charge in [-0.05, 0) is 36.6 Å². The fourth-order valence-corrected chi connectivity index (χ4v) is 4.25. The molecule has 0 aliphatic rings. The van der Waals surface area contributed by atoms with Crippen molar-refractivity contribution >= 4 is 33.2 Å². The summed E-state index contributed by atoms with van der Waals surface area (Å²) in [6.07, 6.45) is 1.54. The van der Waals surface area contributed by atoms with E-state index in [1.807, 2.05) is 0 Å². The van der Waals surface area contributed by atoms with Gasteiger partial charge in [-0.3, -0.25) is 0 Å². The highest BCUT2D eigenvalue weighted by Crippen LogP contribution is 2.33. The SMILES string of the molecule is COc1ccc(CNS(=O)(=O)c2c(C)c(Cl)cc(C)c2Cl)cn1. The zero-order valence-corrected chi connectivity index (χ0v) is 15.2. The molecule has 0 aliphatic carbocycles. The van der Waals surface area contributed by atoms with Crippen LogP contribution in [0.5, 0.6) is 5.88 Å². The molecule has 0 fully saturated rings. The first-order chi connectivity index (χ1) is 10.8. The van der Waals surface area contributed by atoms with Gasteiger partial charge in [-0.15, -0.1) is 0 Å². The molecule has 0 amide bonds. The molecule has 0 unspecified atom stereocenters. The van der Waals surface area contributed by atoms with Crippen molar-refractivity contribution in [1.82, 2.24) is 9.71 Å². The van der Waals surface area contributed by atoms with Gasteiger partial charge in [0.2, 0.25) is 15.9 Å². The van der Waals surface area contributed by atoms with Crippen LogP contribution in [0.4, 0.5) is 0 Å². The Hall–Kier alpha value is -1.34. The van der Waals surface area contributed by atoms with Crippen LogP contribution in [0.25, 0.3) is 0 Å². The van der Waals surface area contributed by atoms with E-state index in [2.05, 4.69) is 9.71 Å². The molecule has 2 rings (SSSR count). The van der Waals surface area contributed by atoms with Crippen LogP contribution in [0.3, 0.4) is 0 Å². The second-order valence-corrected chi connectivity index (χ2v) is 7.47. The first-order valence-corrected chi connectivity index (χ1v) is 8.94. The van der Waals surface area contributed by atoms with Gasteiger partial charge in [0.05, 0.1) is 12.1 Å². The summed E-state index contributed by atoms with van der Waals surface area (Å²) in [5.74, 6) is 0.459. The number of aromatic nitrogens is 1. The lowest BCUT2D eigenvalue weighted by Crippen LogP contribution is -2.24. The molecule has 23 heavy (non-hydrogen) atoms. The molecule has 0 aliphatic heterocycles. The number of hydrogen-bond donors (Lipinski definition) is 1. The molecule has 0 saturated carbocycles. The molecule has 124 valence electrons. The van der Waals surface area contributed by atoms with Crippen LogP contribution in [0.2, 0.25) is 10.0 Å². The Labute approximate surface area is 145 Å². The summed E-state index contributed by atoms with van der Waals surface area (Å²) < 4.78 is 32.6. The molecule has 1 heterocycles. The maximum Gasteiger partial charge on any atom is 0.242 e. The maximum atomic E-state index is 12.6. The molecule has 1 N–H and O–H groups in total. The summed E-state index contributed by atoms with van der Waals surface area (Å²) in [4.78, 5) is 4.03. The summed E-state index contributed by atoms with van der Waals surface area (Å²) in [7, 11) is -2.30. The quantitative estimate of drug-likeness (QED) is 0.869. The molecule has 5 nitrogen and oxygen atoms in total. The van der Waals surface area contributed by atoms with Gasteiger partial charge in [0.15, 0.2) is 0 Å². The summed E-state index contributed by atoms with van der Waals surface area (Å²) in [5, 5.41) is 0.533. The molecule has 0 atom stereocenters. The number of benzene rings is 1. The van der Waals surface area contributed by atoms with Crippen molar-refractivity contribution in [3.05, 3.63) is 51.1 Å². The third-order valence-electron chi connectivity index (χ3n) is 3.33. The van der Waals surface area contributed by atoms with E-state index in [0.717, 1.165) is 0 Å². The summed E-state index contributed by atoms with van der Waals surface area (Å²) in [6.45, 7) is 3.41. The van der Waals surface area contributed by atoms with Crippen molar-refractivity contribution in [1.29, 1.82) is 0 Å². The maximum absolute atomic E-state index is 12.6. The number of rotatable bonds is 5. The van der Waals surface area contributed by atoms with Crippen LogP contribution in [0, 0.1) is 13.8 Å². The van der Waals surface area contributed by atoms with Gasteiger partial charge < -0.3 is 4.74 Å². The summed E-state index contributed by atoms with van der Waals surface area (Å²) in [5.41, 5.74) is 1.72. The van der Waals surface area contributed by atoms with E-state index < -0.39 is 10.0 Å². The van der Waals surface area contributed by atoms with Crippen LogP contribution in [-0.2, 0) is 16.6 Å². The van der Waals surface area contributed by atoms with E-state index in [1.54, 1.807) is 38.2 Å². The standard InChI is InChI=1S/C15H16Cl2N2O3S/c1-9-6-12(16)10(2)15(14(9)17)23(20,21)19-8-11-4-5-13(22-3)18-7-11/h4-7,19H,8H2,1-3H3. The minimum atomic E-state index is -3.81. The topological polar surface area (TPSA) is 68.3 Å². The van der Waals surface area contributed by atoms with E-state index in [0.29, 0.717) is 27.6 Å². The number of halogens is 2. The van der Waals surface area contributed by atoms with Gasteiger partial charge in [-0.2, -0.15) is 0 Å². The van der Waals surface area contributed by atoms with Crippen molar-refractivity contribution in [2.45, 2.75) is 25.3 Å². The largest absolute Gasteiger partial charge is 0.481 e. The Morgan fingerprint density at radius 2 is 1.96 bits per heavy atom. The Kier molecular flexibility index (Phi) is 5.52. The molecule has 0 saturated heterocycles. The van der Waals surface area contributed by atoms with Crippen molar-refractivity contribution in [3.8, 4) is 5.88 Å². The van der Waals surface area contributed by atoms with Gasteiger partial charge >= 0.3 is 0 Å². The van der Waals surface area contributed by atoms with E-state index in [-0.39, 0.29) is 16.5 Å². The van der Waals surface area contributed by atoms with Crippen molar-refractivity contribution < 1.29 is 13.2 Å². The lowest BCUT2D eigenvalue weighted by atomic mass is 10.2. The van der Waals surface area contributed by atoms with Crippen LogP contribution in [0.15, 0.2) is 29.3 Å². The average molecular weight is 375 g/mol. The lowest BCUT2D eigenvalue weighted by Gasteiger charge is -2.14. The lowest BCUT2D eigenvalue weighted by molar-refractivity contribution is 0.397. The monoisotopic (exact) mass is 374 g/mol. The number of pyridine rings is 1. The number of hydrogen-bond acceptors (Lipinski definition) is 4. The molecule has 0 radical (unpaired) electrons. The molecule has 1 aromatic carbocycles. The first kappa shape index (κ1) is 18.0. The Balaban J connectivity index is 2.29. The predicted octanol–water partition coefficient (Wildman–Crippen LogP) is 3.49. The average Bonchev–Trinajstić information content (AvgIpc) is 2.51. The van der Waals surface area contributed by atoms with E-state index in [1.165, 1.54) is 7.11 Å². The highest BCUT2D eigenvalue weighted by atomic mass is 35.5. The zero-order chi connectivity index (χ0) is 17.2. The highest BCUT2D eigenvalue weighted by molar-refractivity contribution is 7.89. The number of nitrogens with one attached hydrogen (secondary N) is 1. The number of methoxy groups -OCH3 is 1.